The van der Waals surface area contributed by atoms with Crippen LogP contribution < -0.4 is 0 Å². The van der Waals surface area contributed by atoms with E-state index < -0.39 is 0 Å². The SMILES string of the molecule is O=C(c1csc(-c2cnccn2)n1)N(Cc1ccccc1)Cc1ccccc1. The van der Waals surface area contributed by atoms with E-state index in [0.29, 0.717) is 29.5 Å². The number of carbonyl (C=O) groups is 1. The lowest BCUT2D eigenvalue weighted by Gasteiger charge is -2.22. The Kier molecular flexibility index (Phi) is 5.49. The van der Waals surface area contributed by atoms with Crippen LogP contribution in [0.5, 0.6) is 0 Å². The summed E-state index contributed by atoms with van der Waals surface area (Å²) in [5.74, 6) is -0.0981. The van der Waals surface area contributed by atoms with Gasteiger partial charge in [0.2, 0.25) is 0 Å². The monoisotopic (exact) mass is 386 g/mol. The Hall–Kier alpha value is -3.38. The molecule has 0 aliphatic heterocycles. The molecule has 4 rings (SSSR count). The molecule has 0 radical (unpaired) electrons. The maximum absolute atomic E-state index is 13.2. The number of nitrogens with zero attached hydrogens (tertiary/aromatic N) is 4. The second kappa shape index (κ2) is 8.54. The number of amides is 1. The van der Waals surface area contributed by atoms with Crippen molar-refractivity contribution in [3.8, 4) is 10.7 Å². The van der Waals surface area contributed by atoms with Crippen molar-refractivity contribution >= 4 is 17.2 Å². The third-order valence-corrected chi connectivity index (χ3v) is 5.09. The van der Waals surface area contributed by atoms with Crippen molar-refractivity contribution < 1.29 is 4.79 Å². The van der Waals surface area contributed by atoms with E-state index in [1.165, 1.54) is 11.3 Å². The molecule has 138 valence electrons. The fraction of sp³-hybridized carbons (Fsp3) is 0.0909. The third kappa shape index (κ3) is 4.29. The molecule has 0 spiro atoms. The van der Waals surface area contributed by atoms with Crippen LogP contribution in [0.1, 0.15) is 21.6 Å². The molecule has 4 aromatic rings. The lowest BCUT2D eigenvalue weighted by atomic mass is 10.1. The molecule has 2 aromatic carbocycles. The summed E-state index contributed by atoms with van der Waals surface area (Å²) >= 11 is 1.40. The fourth-order valence-electron chi connectivity index (χ4n) is 2.87. The van der Waals surface area contributed by atoms with Crippen molar-refractivity contribution in [2.75, 3.05) is 0 Å². The summed E-state index contributed by atoms with van der Waals surface area (Å²) in [6.07, 6.45) is 4.89. The highest BCUT2D eigenvalue weighted by Gasteiger charge is 2.20. The molecule has 0 fully saturated rings. The first-order chi connectivity index (χ1) is 13.8. The van der Waals surface area contributed by atoms with Crippen LogP contribution >= 0.6 is 11.3 Å². The minimum absolute atomic E-state index is 0.0981. The lowest BCUT2D eigenvalue weighted by Crippen LogP contribution is -2.30. The molecule has 0 aliphatic carbocycles. The Bertz CT molecular complexity index is 994. The number of rotatable bonds is 6. The van der Waals surface area contributed by atoms with E-state index in [9.17, 15) is 4.79 Å². The number of benzene rings is 2. The van der Waals surface area contributed by atoms with E-state index in [1.54, 1.807) is 24.0 Å². The second-order valence-electron chi connectivity index (χ2n) is 6.26. The molecule has 2 heterocycles. The van der Waals surface area contributed by atoms with Crippen molar-refractivity contribution in [1.29, 1.82) is 0 Å². The van der Waals surface area contributed by atoms with Gasteiger partial charge in [-0.15, -0.1) is 11.3 Å². The summed E-state index contributed by atoms with van der Waals surface area (Å²) in [7, 11) is 0. The molecule has 0 N–H and O–H groups in total. The van der Waals surface area contributed by atoms with E-state index >= 15 is 0 Å². The minimum Gasteiger partial charge on any atom is -0.329 e. The predicted octanol–water partition coefficient (Wildman–Crippen LogP) is 4.44. The van der Waals surface area contributed by atoms with Crippen LogP contribution in [0.3, 0.4) is 0 Å². The van der Waals surface area contributed by atoms with Gasteiger partial charge in [0, 0.05) is 30.9 Å². The van der Waals surface area contributed by atoms with Gasteiger partial charge in [-0.05, 0) is 11.1 Å². The molecule has 5 nitrogen and oxygen atoms in total. The van der Waals surface area contributed by atoms with Gasteiger partial charge in [-0.1, -0.05) is 60.7 Å². The average molecular weight is 386 g/mol. The van der Waals surface area contributed by atoms with Gasteiger partial charge in [0.25, 0.3) is 5.91 Å². The largest absolute Gasteiger partial charge is 0.329 e. The van der Waals surface area contributed by atoms with Gasteiger partial charge in [-0.3, -0.25) is 14.8 Å². The standard InChI is InChI=1S/C22H18N4OS/c27-22(20-16-28-21(25-20)19-13-23-11-12-24-19)26(14-17-7-3-1-4-8-17)15-18-9-5-2-6-10-18/h1-13,16H,14-15H2. The van der Waals surface area contributed by atoms with Crippen LogP contribution in [0, 0.1) is 0 Å². The molecule has 1 amide bonds. The van der Waals surface area contributed by atoms with Crippen LogP contribution in [0.2, 0.25) is 0 Å². The molecule has 2 aromatic heterocycles. The quantitative estimate of drug-likeness (QED) is 0.491. The molecular formula is C22H18N4OS. The minimum atomic E-state index is -0.0981. The van der Waals surface area contributed by atoms with Gasteiger partial charge in [0.15, 0.2) is 0 Å². The van der Waals surface area contributed by atoms with Crippen molar-refractivity contribution in [2.45, 2.75) is 13.1 Å². The van der Waals surface area contributed by atoms with E-state index in [0.717, 1.165) is 11.1 Å². The molecule has 0 saturated heterocycles. The van der Waals surface area contributed by atoms with Crippen LogP contribution in [0.15, 0.2) is 84.6 Å². The van der Waals surface area contributed by atoms with Crippen molar-refractivity contribution in [3.63, 3.8) is 0 Å². The molecule has 0 saturated carbocycles. The van der Waals surface area contributed by atoms with Crippen molar-refractivity contribution in [1.82, 2.24) is 19.9 Å². The Labute approximate surface area is 167 Å². The fourth-order valence-corrected chi connectivity index (χ4v) is 3.62. The molecule has 0 aliphatic rings. The highest BCUT2D eigenvalue weighted by atomic mass is 32.1. The smallest absolute Gasteiger partial charge is 0.273 e. The summed E-state index contributed by atoms with van der Waals surface area (Å²) in [5.41, 5.74) is 3.26. The molecule has 0 bridgehead atoms. The third-order valence-electron chi connectivity index (χ3n) is 4.23. The van der Waals surface area contributed by atoms with Crippen LogP contribution in [0.25, 0.3) is 10.7 Å². The van der Waals surface area contributed by atoms with Gasteiger partial charge in [0.05, 0.1) is 6.20 Å². The maximum atomic E-state index is 13.2. The first-order valence-electron chi connectivity index (χ1n) is 8.88. The normalized spacial score (nSPS) is 10.6. The van der Waals surface area contributed by atoms with E-state index in [1.807, 2.05) is 65.6 Å². The zero-order valence-electron chi connectivity index (χ0n) is 15.1. The average Bonchev–Trinajstić information content (AvgIpc) is 3.25. The summed E-state index contributed by atoms with van der Waals surface area (Å²) in [6.45, 7) is 1.04. The van der Waals surface area contributed by atoms with Gasteiger partial charge in [0.1, 0.15) is 16.4 Å². The molecular weight excluding hydrogens is 368 g/mol. The van der Waals surface area contributed by atoms with Gasteiger partial charge < -0.3 is 4.90 Å². The Morgan fingerprint density at radius 3 is 2.11 bits per heavy atom. The zero-order chi connectivity index (χ0) is 19.2. The zero-order valence-corrected chi connectivity index (χ0v) is 15.9. The molecule has 0 atom stereocenters. The Morgan fingerprint density at radius 2 is 1.54 bits per heavy atom. The van der Waals surface area contributed by atoms with Crippen LogP contribution in [-0.4, -0.2) is 25.8 Å². The van der Waals surface area contributed by atoms with E-state index in [4.69, 9.17) is 0 Å². The lowest BCUT2D eigenvalue weighted by molar-refractivity contribution is 0.0725. The van der Waals surface area contributed by atoms with Crippen molar-refractivity contribution in [3.05, 3.63) is 101 Å². The summed E-state index contributed by atoms with van der Waals surface area (Å²) in [5, 5.41) is 2.48. The summed E-state index contributed by atoms with van der Waals surface area (Å²) in [6, 6.07) is 20.0. The molecule has 28 heavy (non-hydrogen) atoms. The number of carbonyl (C=O) groups excluding carboxylic acids is 1. The van der Waals surface area contributed by atoms with Gasteiger partial charge in [-0.25, -0.2) is 4.98 Å². The topological polar surface area (TPSA) is 59.0 Å². The number of aromatic nitrogens is 3. The van der Waals surface area contributed by atoms with Gasteiger partial charge >= 0.3 is 0 Å². The number of thiazole rings is 1. The second-order valence-corrected chi connectivity index (χ2v) is 7.12. The predicted molar refractivity (Wildman–Crippen MR) is 110 cm³/mol. The van der Waals surface area contributed by atoms with E-state index in [-0.39, 0.29) is 5.91 Å². The van der Waals surface area contributed by atoms with Crippen molar-refractivity contribution in [2.24, 2.45) is 0 Å². The summed E-state index contributed by atoms with van der Waals surface area (Å²) < 4.78 is 0. The number of hydrogen-bond donors (Lipinski definition) is 0. The van der Waals surface area contributed by atoms with Crippen LogP contribution in [0.4, 0.5) is 0 Å². The number of hydrogen-bond acceptors (Lipinski definition) is 5. The Balaban J connectivity index is 1.60. The summed E-state index contributed by atoms with van der Waals surface area (Å²) in [4.78, 5) is 27.9. The molecule has 0 unspecified atom stereocenters. The maximum Gasteiger partial charge on any atom is 0.273 e. The highest BCUT2D eigenvalue weighted by Crippen LogP contribution is 2.22. The van der Waals surface area contributed by atoms with Gasteiger partial charge in [-0.2, -0.15) is 0 Å². The Morgan fingerprint density at radius 1 is 0.893 bits per heavy atom. The first kappa shape index (κ1) is 18.0. The van der Waals surface area contributed by atoms with E-state index in [2.05, 4.69) is 15.0 Å². The highest BCUT2D eigenvalue weighted by molar-refractivity contribution is 7.13. The van der Waals surface area contributed by atoms with Crippen LogP contribution in [-0.2, 0) is 13.1 Å². The first-order valence-corrected chi connectivity index (χ1v) is 9.76. The molecule has 6 heteroatoms.